The molecule has 0 spiro atoms. The van der Waals surface area contributed by atoms with Crippen LogP contribution >= 0.6 is 11.8 Å². The second kappa shape index (κ2) is 5.35. The Kier molecular flexibility index (Phi) is 4.10. The van der Waals surface area contributed by atoms with Crippen LogP contribution in [0.3, 0.4) is 0 Å². The molecule has 0 aromatic heterocycles. The fourth-order valence-corrected chi connectivity index (χ4v) is 3.24. The molecule has 2 heterocycles. The third-order valence-corrected chi connectivity index (χ3v) is 4.33. The van der Waals surface area contributed by atoms with Gasteiger partial charge in [-0.1, -0.05) is 6.42 Å². The largest absolute Gasteiger partial charge is 0.389 e. The number of thioether (sulfide) groups is 1. The van der Waals surface area contributed by atoms with Gasteiger partial charge in [-0.05, 0) is 18.6 Å². The minimum absolute atomic E-state index is 0.164. The molecule has 0 aromatic rings. The lowest BCUT2D eigenvalue weighted by Gasteiger charge is -2.24. The van der Waals surface area contributed by atoms with E-state index in [2.05, 4.69) is 17.1 Å². The predicted octanol–water partition coefficient (Wildman–Crippen LogP) is 0.621. The first kappa shape index (κ1) is 10.7. The zero-order chi connectivity index (χ0) is 9.80. The normalized spacial score (nSPS) is 38.8. The maximum Gasteiger partial charge on any atom is 0.0948 e. The molecule has 4 heteroatoms. The van der Waals surface area contributed by atoms with Crippen LogP contribution in [0.2, 0.25) is 0 Å². The Hall–Kier alpha value is 0.230. The number of aliphatic hydroxyl groups excluding tert-OH is 1. The van der Waals surface area contributed by atoms with Gasteiger partial charge in [0, 0.05) is 11.8 Å². The molecule has 0 aliphatic carbocycles. The summed E-state index contributed by atoms with van der Waals surface area (Å²) in [5.74, 6) is 1.30. The molecule has 0 amide bonds. The molecule has 2 aliphatic heterocycles. The van der Waals surface area contributed by atoms with Crippen molar-refractivity contribution in [2.24, 2.45) is 0 Å². The van der Waals surface area contributed by atoms with Crippen LogP contribution in [0.15, 0.2) is 0 Å². The van der Waals surface area contributed by atoms with Gasteiger partial charge in [0.15, 0.2) is 0 Å². The fraction of sp³-hybridized carbons (Fsp3) is 1.00. The Bertz CT molecular complexity index is 174. The zero-order valence-electron chi connectivity index (χ0n) is 8.45. The summed E-state index contributed by atoms with van der Waals surface area (Å²) in [5.41, 5.74) is 0. The lowest BCUT2D eigenvalue weighted by Crippen LogP contribution is -2.42. The zero-order valence-corrected chi connectivity index (χ0v) is 9.26. The van der Waals surface area contributed by atoms with Crippen molar-refractivity contribution >= 4 is 11.8 Å². The molecule has 3 nitrogen and oxygen atoms in total. The first-order valence-corrected chi connectivity index (χ1v) is 6.52. The summed E-state index contributed by atoms with van der Waals surface area (Å²) in [4.78, 5) is 0. The Morgan fingerprint density at radius 2 is 2.29 bits per heavy atom. The lowest BCUT2D eigenvalue weighted by atomic mass is 10.1. The minimum Gasteiger partial charge on any atom is -0.389 e. The van der Waals surface area contributed by atoms with Gasteiger partial charge in [-0.25, -0.2) is 0 Å². The van der Waals surface area contributed by atoms with E-state index in [1.165, 1.54) is 25.0 Å². The van der Waals surface area contributed by atoms with E-state index in [1.54, 1.807) is 0 Å². The second-order valence-corrected chi connectivity index (χ2v) is 5.52. The van der Waals surface area contributed by atoms with Crippen molar-refractivity contribution in [1.29, 1.82) is 0 Å². The summed E-state index contributed by atoms with van der Waals surface area (Å²) in [6, 6.07) is 0.164. The highest BCUT2D eigenvalue weighted by Crippen LogP contribution is 2.24. The van der Waals surface area contributed by atoms with Crippen LogP contribution in [0.5, 0.6) is 0 Å². The second-order valence-electron chi connectivity index (χ2n) is 4.11. The predicted molar refractivity (Wildman–Crippen MR) is 58.7 cm³/mol. The van der Waals surface area contributed by atoms with Gasteiger partial charge in [0.05, 0.1) is 25.4 Å². The van der Waals surface area contributed by atoms with Crippen LogP contribution in [0.25, 0.3) is 0 Å². The van der Waals surface area contributed by atoms with Crippen LogP contribution in [-0.2, 0) is 4.74 Å². The smallest absolute Gasteiger partial charge is 0.0948 e. The topological polar surface area (TPSA) is 41.5 Å². The summed E-state index contributed by atoms with van der Waals surface area (Å²) < 4.78 is 5.19. The van der Waals surface area contributed by atoms with E-state index in [4.69, 9.17) is 4.74 Å². The number of aliphatic hydroxyl groups is 1. The molecule has 2 N–H and O–H groups in total. The SMILES string of the molecule is OC1COCC1NCC1CCCCS1. The lowest BCUT2D eigenvalue weighted by molar-refractivity contribution is 0.122. The minimum atomic E-state index is -0.302. The number of nitrogens with one attached hydrogen (secondary N) is 1. The van der Waals surface area contributed by atoms with E-state index in [0.29, 0.717) is 13.2 Å². The maximum atomic E-state index is 9.52. The molecule has 2 saturated heterocycles. The fourth-order valence-electron chi connectivity index (χ4n) is 1.99. The number of hydrogen-bond donors (Lipinski definition) is 2. The van der Waals surface area contributed by atoms with Crippen molar-refractivity contribution in [2.45, 2.75) is 36.7 Å². The molecule has 82 valence electrons. The summed E-state index contributed by atoms with van der Waals surface area (Å²) in [7, 11) is 0. The molecule has 2 rings (SSSR count). The Morgan fingerprint density at radius 1 is 1.36 bits per heavy atom. The number of ether oxygens (including phenoxy) is 1. The molecule has 0 bridgehead atoms. The van der Waals surface area contributed by atoms with E-state index >= 15 is 0 Å². The molecule has 0 radical (unpaired) electrons. The Labute approximate surface area is 89.6 Å². The number of hydrogen-bond acceptors (Lipinski definition) is 4. The highest BCUT2D eigenvalue weighted by Gasteiger charge is 2.26. The van der Waals surface area contributed by atoms with Gasteiger partial charge in [-0.15, -0.1) is 0 Å². The molecular formula is C10H19NO2S. The van der Waals surface area contributed by atoms with Crippen LogP contribution in [0.1, 0.15) is 19.3 Å². The maximum absolute atomic E-state index is 9.52. The van der Waals surface area contributed by atoms with E-state index in [-0.39, 0.29) is 12.1 Å². The summed E-state index contributed by atoms with van der Waals surface area (Å²) in [6.07, 6.45) is 3.75. The van der Waals surface area contributed by atoms with E-state index in [0.717, 1.165) is 11.8 Å². The van der Waals surface area contributed by atoms with Gasteiger partial charge in [0.2, 0.25) is 0 Å². The van der Waals surface area contributed by atoms with Crippen molar-refractivity contribution in [1.82, 2.24) is 5.32 Å². The standard InChI is InChI=1S/C10H19NO2S/c12-10-7-13-6-9(10)11-5-8-3-1-2-4-14-8/h8-12H,1-7H2. The monoisotopic (exact) mass is 217 g/mol. The van der Waals surface area contributed by atoms with Crippen molar-refractivity contribution in [3.8, 4) is 0 Å². The van der Waals surface area contributed by atoms with E-state index < -0.39 is 0 Å². The van der Waals surface area contributed by atoms with E-state index in [9.17, 15) is 5.11 Å². The van der Waals surface area contributed by atoms with Gasteiger partial charge in [-0.3, -0.25) is 0 Å². The van der Waals surface area contributed by atoms with Crippen LogP contribution in [0, 0.1) is 0 Å². The van der Waals surface area contributed by atoms with Gasteiger partial charge in [0.25, 0.3) is 0 Å². The first-order valence-electron chi connectivity index (χ1n) is 5.47. The molecule has 0 aromatic carbocycles. The summed E-state index contributed by atoms with van der Waals surface area (Å²) >= 11 is 2.06. The molecule has 3 atom stereocenters. The van der Waals surface area contributed by atoms with Crippen molar-refractivity contribution in [3.63, 3.8) is 0 Å². The van der Waals surface area contributed by atoms with E-state index in [1.807, 2.05) is 0 Å². The summed E-state index contributed by atoms with van der Waals surface area (Å²) in [5, 5.41) is 13.7. The number of rotatable bonds is 3. The average molecular weight is 217 g/mol. The highest BCUT2D eigenvalue weighted by molar-refractivity contribution is 7.99. The molecular weight excluding hydrogens is 198 g/mol. The molecule has 2 aliphatic rings. The molecule has 3 unspecified atom stereocenters. The molecule has 0 saturated carbocycles. The Balaban J connectivity index is 1.65. The average Bonchev–Trinajstić information content (AvgIpc) is 2.63. The van der Waals surface area contributed by atoms with Crippen molar-refractivity contribution in [3.05, 3.63) is 0 Å². The Morgan fingerprint density at radius 3 is 2.93 bits per heavy atom. The van der Waals surface area contributed by atoms with Gasteiger partial charge in [-0.2, -0.15) is 11.8 Å². The van der Waals surface area contributed by atoms with Crippen molar-refractivity contribution < 1.29 is 9.84 Å². The van der Waals surface area contributed by atoms with Crippen molar-refractivity contribution in [2.75, 3.05) is 25.5 Å². The van der Waals surface area contributed by atoms with Gasteiger partial charge < -0.3 is 15.2 Å². The van der Waals surface area contributed by atoms with Crippen LogP contribution in [0.4, 0.5) is 0 Å². The van der Waals surface area contributed by atoms with Gasteiger partial charge >= 0.3 is 0 Å². The highest BCUT2D eigenvalue weighted by atomic mass is 32.2. The van der Waals surface area contributed by atoms with Crippen LogP contribution in [-0.4, -0.2) is 48.0 Å². The summed E-state index contributed by atoms with van der Waals surface area (Å²) in [6.45, 7) is 2.18. The quantitative estimate of drug-likeness (QED) is 0.727. The third kappa shape index (κ3) is 2.86. The molecule has 2 fully saturated rings. The van der Waals surface area contributed by atoms with Gasteiger partial charge in [0.1, 0.15) is 0 Å². The third-order valence-electron chi connectivity index (χ3n) is 2.93. The first-order chi connectivity index (χ1) is 6.86. The molecule has 14 heavy (non-hydrogen) atoms. The van der Waals surface area contributed by atoms with Crippen LogP contribution < -0.4 is 5.32 Å².